The highest BCUT2D eigenvalue weighted by atomic mass is 16.6. The number of carbonyl (C=O) groups excluding carboxylic acids is 1. The van der Waals surface area contributed by atoms with Crippen molar-refractivity contribution in [3.63, 3.8) is 0 Å². The van der Waals surface area contributed by atoms with Crippen molar-refractivity contribution in [2.45, 2.75) is 45.3 Å². The van der Waals surface area contributed by atoms with Crippen molar-refractivity contribution in [2.24, 2.45) is 0 Å². The Kier molecular flexibility index (Phi) is 5.23. The van der Waals surface area contributed by atoms with Crippen LogP contribution in [-0.4, -0.2) is 42.9 Å². The molecule has 1 fully saturated rings. The van der Waals surface area contributed by atoms with Gasteiger partial charge in [0.1, 0.15) is 12.2 Å². The number of nitrogens with zero attached hydrogens (tertiary/aromatic N) is 1. The van der Waals surface area contributed by atoms with E-state index in [9.17, 15) is 4.79 Å². The van der Waals surface area contributed by atoms with Gasteiger partial charge in [0.15, 0.2) is 11.5 Å². The van der Waals surface area contributed by atoms with Gasteiger partial charge in [-0.1, -0.05) is 0 Å². The molecule has 6 nitrogen and oxygen atoms in total. The van der Waals surface area contributed by atoms with E-state index in [4.69, 9.17) is 19.9 Å². The van der Waals surface area contributed by atoms with Crippen LogP contribution in [0.25, 0.3) is 0 Å². The van der Waals surface area contributed by atoms with Crippen molar-refractivity contribution in [2.75, 3.05) is 26.0 Å². The lowest BCUT2D eigenvalue weighted by atomic mass is 10.2. The molecule has 0 bridgehead atoms. The molecule has 128 valence electrons. The molecule has 0 unspecified atom stereocenters. The van der Waals surface area contributed by atoms with Crippen LogP contribution in [0.4, 0.5) is 10.5 Å². The number of nitrogens with two attached hydrogens (primary N) is 1. The molecule has 1 heterocycles. The third-order valence-corrected chi connectivity index (χ3v) is 3.62. The molecule has 0 spiro atoms. The molecule has 0 saturated carbocycles. The van der Waals surface area contributed by atoms with Crippen molar-refractivity contribution in [1.82, 2.24) is 4.90 Å². The molecular weight excluding hydrogens is 296 g/mol. The Balaban J connectivity index is 1.99. The zero-order valence-electron chi connectivity index (χ0n) is 14.3. The zero-order valence-corrected chi connectivity index (χ0v) is 14.3. The second kappa shape index (κ2) is 6.98. The van der Waals surface area contributed by atoms with Gasteiger partial charge in [-0.05, 0) is 45.7 Å². The van der Waals surface area contributed by atoms with Gasteiger partial charge >= 0.3 is 6.09 Å². The Labute approximate surface area is 137 Å². The molecule has 1 amide bonds. The van der Waals surface area contributed by atoms with Crippen LogP contribution in [-0.2, 0) is 4.74 Å². The predicted molar refractivity (Wildman–Crippen MR) is 88.9 cm³/mol. The lowest BCUT2D eigenvalue weighted by molar-refractivity contribution is 0.0187. The van der Waals surface area contributed by atoms with Crippen molar-refractivity contribution < 1.29 is 19.0 Å². The number of nitrogen functional groups attached to an aromatic ring is 1. The zero-order chi connectivity index (χ0) is 17.0. The number of likely N-dealkylation sites (tertiary alicyclic amines) is 1. The molecule has 0 radical (unpaired) electrons. The summed E-state index contributed by atoms with van der Waals surface area (Å²) in [5, 5.41) is 0. The minimum Gasteiger partial charge on any atom is -0.493 e. The summed E-state index contributed by atoms with van der Waals surface area (Å²) in [6.45, 7) is 6.67. The Bertz CT molecular complexity index is 554. The smallest absolute Gasteiger partial charge is 0.410 e. The number of methoxy groups -OCH3 is 1. The second-order valence-electron chi connectivity index (χ2n) is 6.69. The first kappa shape index (κ1) is 17.2. The average molecular weight is 322 g/mol. The van der Waals surface area contributed by atoms with Crippen molar-refractivity contribution in [1.29, 1.82) is 0 Å². The van der Waals surface area contributed by atoms with Crippen molar-refractivity contribution >= 4 is 11.8 Å². The van der Waals surface area contributed by atoms with Crippen LogP contribution in [0.15, 0.2) is 18.2 Å². The number of hydrogen-bond acceptors (Lipinski definition) is 5. The van der Waals surface area contributed by atoms with E-state index in [1.54, 1.807) is 30.2 Å². The van der Waals surface area contributed by atoms with Crippen LogP contribution < -0.4 is 15.2 Å². The summed E-state index contributed by atoms with van der Waals surface area (Å²) in [7, 11) is 1.58. The molecule has 1 aromatic carbocycles. The summed E-state index contributed by atoms with van der Waals surface area (Å²) in [6.07, 6.45) is 1.55. The summed E-state index contributed by atoms with van der Waals surface area (Å²) in [5.74, 6) is 1.21. The number of hydrogen-bond donors (Lipinski definition) is 1. The highest BCUT2D eigenvalue weighted by Gasteiger charge is 2.32. The molecule has 0 aliphatic carbocycles. The number of ether oxygens (including phenoxy) is 3. The van der Waals surface area contributed by atoms with Crippen LogP contribution in [0.1, 0.15) is 33.6 Å². The first-order valence-electron chi connectivity index (χ1n) is 7.86. The van der Waals surface area contributed by atoms with Gasteiger partial charge in [0, 0.05) is 18.3 Å². The summed E-state index contributed by atoms with van der Waals surface area (Å²) in [6, 6.07) is 5.25. The fraction of sp³-hybridized carbons (Fsp3) is 0.588. The summed E-state index contributed by atoms with van der Waals surface area (Å²) >= 11 is 0. The standard InChI is InChI=1S/C17H26N2O4/c1-17(2,3)23-16(20)19-9-5-6-13(19)11-22-15-10-12(18)7-8-14(15)21-4/h7-8,10,13H,5-6,9,11,18H2,1-4H3/t13-/m1/s1. The molecular formula is C17H26N2O4. The van der Waals surface area contributed by atoms with E-state index in [-0.39, 0.29) is 12.1 Å². The van der Waals surface area contributed by atoms with E-state index in [1.165, 1.54) is 0 Å². The molecule has 2 rings (SSSR count). The largest absolute Gasteiger partial charge is 0.493 e. The maximum Gasteiger partial charge on any atom is 0.410 e. The number of carbonyl (C=O) groups is 1. The molecule has 2 N–H and O–H groups in total. The SMILES string of the molecule is COc1ccc(N)cc1OC[C@H]1CCCN1C(=O)OC(C)(C)C. The maximum absolute atomic E-state index is 12.3. The number of amides is 1. The van der Waals surface area contributed by atoms with E-state index in [0.717, 1.165) is 12.8 Å². The minimum absolute atomic E-state index is 0.00372. The Hall–Kier alpha value is -2.11. The quantitative estimate of drug-likeness (QED) is 0.862. The highest BCUT2D eigenvalue weighted by molar-refractivity contribution is 5.69. The van der Waals surface area contributed by atoms with Gasteiger partial charge in [0.05, 0.1) is 13.2 Å². The monoisotopic (exact) mass is 322 g/mol. The topological polar surface area (TPSA) is 74.0 Å². The Morgan fingerprint density at radius 1 is 1.35 bits per heavy atom. The number of benzene rings is 1. The third-order valence-electron chi connectivity index (χ3n) is 3.62. The number of rotatable bonds is 4. The van der Waals surface area contributed by atoms with E-state index in [1.807, 2.05) is 20.8 Å². The number of anilines is 1. The van der Waals surface area contributed by atoms with Gasteiger partial charge in [0.25, 0.3) is 0 Å². The lowest BCUT2D eigenvalue weighted by Crippen LogP contribution is -2.42. The van der Waals surface area contributed by atoms with Crippen molar-refractivity contribution in [3.8, 4) is 11.5 Å². The molecule has 1 aliphatic heterocycles. The van der Waals surface area contributed by atoms with Gasteiger partial charge in [-0.3, -0.25) is 0 Å². The lowest BCUT2D eigenvalue weighted by Gasteiger charge is -2.28. The Morgan fingerprint density at radius 2 is 2.09 bits per heavy atom. The normalized spacial score (nSPS) is 17.9. The van der Waals surface area contributed by atoms with Crippen LogP contribution in [0, 0.1) is 0 Å². The van der Waals surface area contributed by atoms with Crippen LogP contribution in [0.2, 0.25) is 0 Å². The molecule has 1 atom stereocenters. The second-order valence-corrected chi connectivity index (χ2v) is 6.69. The van der Waals surface area contributed by atoms with Crippen LogP contribution in [0.5, 0.6) is 11.5 Å². The highest BCUT2D eigenvalue weighted by Crippen LogP contribution is 2.30. The van der Waals surface area contributed by atoms with Gasteiger partial charge in [-0.15, -0.1) is 0 Å². The van der Waals surface area contributed by atoms with Crippen molar-refractivity contribution in [3.05, 3.63) is 18.2 Å². The predicted octanol–water partition coefficient (Wildman–Crippen LogP) is 3.06. The van der Waals surface area contributed by atoms with Gasteiger partial charge in [-0.25, -0.2) is 4.79 Å². The first-order valence-corrected chi connectivity index (χ1v) is 7.86. The molecule has 0 aromatic heterocycles. The molecule has 1 aliphatic rings. The van der Waals surface area contributed by atoms with Gasteiger partial charge in [0.2, 0.25) is 0 Å². The minimum atomic E-state index is -0.498. The maximum atomic E-state index is 12.3. The fourth-order valence-corrected chi connectivity index (χ4v) is 2.56. The van der Waals surface area contributed by atoms with E-state index in [2.05, 4.69) is 0 Å². The Morgan fingerprint density at radius 3 is 2.74 bits per heavy atom. The third kappa shape index (κ3) is 4.68. The van der Waals surface area contributed by atoms with Crippen LogP contribution >= 0.6 is 0 Å². The molecule has 23 heavy (non-hydrogen) atoms. The average Bonchev–Trinajstić information content (AvgIpc) is 2.92. The fourth-order valence-electron chi connectivity index (χ4n) is 2.56. The van der Waals surface area contributed by atoms with E-state index in [0.29, 0.717) is 30.3 Å². The van der Waals surface area contributed by atoms with E-state index >= 15 is 0 Å². The summed E-state index contributed by atoms with van der Waals surface area (Å²) in [5.41, 5.74) is 5.90. The van der Waals surface area contributed by atoms with Crippen LogP contribution in [0.3, 0.4) is 0 Å². The first-order chi connectivity index (χ1) is 10.8. The summed E-state index contributed by atoms with van der Waals surface area (Å²) < 4.78 is 16.6. The molecule has 1 aromatic rings. The molecule has 1 saturated heterocycles. The van der Waals surface area contributed by atoms with E-state index < -0.39 is 5.60 Å². The van der Waals surface area contributed by atoms with Gasteiger partial charge < -0.3 is 24.8 Å². The summed E-state index contributed by atoms with van der Waals surface area (Å²) in [4.78, 5) is 14.0. The molecule has 6 heteroatoms. The van der Waals surface area contributed by atoms with Gasteiger partial charge in [-0.2, -0.15) is 0 Å².